The SMILES string of the molecule is CC12CCC(=O)C=C1CCC1C2C(O)CC2(C)C1CC[C@]2(O)C(=O)COc1ccccc1F. The van der Waals surface area contributed by atoms with E-state index in [1.807, 2.05) is 6.92 Å². The second-order valence-electron chi connectivity index (χ2n) is 11.1. The molecule has 1 aromatic rings. The lowest BCUT2D eigenvalue weighted by molar-refractivity contribution is -0.181. The molecule has 0 saturated heterocycles. The third kappa shape index (κ3) is 3.24. The zero-order valence-corrected chi connectivity index (χ0v) is 19.4. The highest BCUT2D eigenvalue weighted by molar-refractivity contribution is 5.92. The van der Waals surface area contributed by atoms with Gasteiger partial charge in [0.15, 0.2) is 17.3 Å². The number of hydrogen-bond donors (Lipinski definition) is 2. The molecule has 5 rings (SSSR count). The maximum absolute atomic E-state index is 13.9. The fraction of sp³-hybridized carbons (Fsp3) is 0.630. The van der Waals surface area contributed by atoms with Gasteiger partial charge < -0.3 is 14.9 Å². The molecule has 5 nitrogen and oxygen atoms in total. The van der Waals surface area contributed by atoms with Crippen molar-refractivity contribution in [3.63, 3.8) is 0 Å². The maximum atomic E-state index is 13.9. The summed E-state index contributed by atoms with van der Waals surface area (Å²) in [4.78, 5) is 25.3. The van der Waals surface area contributed by atoms with Crippen molar-refractivity contribution in [3.8, 4) is 5.75 Å². The third-order valence-corrected chi connectivity index (χ3v) is 9.71. The number of aliphatic hydroxyl groups excluding tert-OH is 1. The highest BCUT2D eigenvalue weighted by Gasteiger charge is 2.68. The minimum absolute atomic E-state index is 0.00994. The molecular weight excluding hydrogens is 423 g/mol. The molecule has 3 saturated carbocycles. The quantitative estimate of drug-likeness (QED) is 0.715. The molecule has 3 fully saturated rings. The van der Waals surface area contributed by atoms with Crippen molar-refractivity contribution in [1.29, 1.82) is 0 Å². The summed E-state index contributed by atoms with van der Waals surface area (Å²) in [7, 11) is 0. The van der Waals surface area contributed by atoms with E-state index < -0.39 is 35.3 Å². The number of carbonyl (C=O) groups excluding carboxylic acids is 2. The van der Waals surface area contributed by atoms with Crippen LogP contribution in [0, 0.1) is 34.4 Å². The zero-order valence-electron chi connectivity index (χ0n) is 19.4. The van der Waals surface area contributed by atoms with E-state index in [1.165, 1.54) is 12.1 Å². The van der Waals surface area contributed by atoms with Gasteiger partial charge in [0.1, 0.15) is 12.2 Å². The van der Waals surface area contributed by atoms with Crippen LogP contribution in [0.5, 0.6) is 5.75 Å². The van der Waals surface area contributed by atoms with Gasteiger partial charge in [0.05, 0.1) is 6.10 Å². The molecule has 0 aliphatic heterocycles. The number of rotatable bonds is 4. The van der Waals surface area contributed by atoms with Crippen molar-refractivity contribution in [2.75, 3.05) is 6.61 Å². The Morgan fingerprint density at radius 1 is 1.18 bits per heavy atom. The summed E-state index contributed by atoms with van der Waals surface area (Å²) in [5.74, 6) is -0.527. The molecule has 0 radical (unpaired) electrons. The van der Waals surface area contributed by atoms with Gasteiger partial charge in [-0.1, -0.05) is 31.6 Å². The highest BCUT2D eigenvalue weighted by Crippen LogP contribution is 2.67. The van der Waals surface area contributed by atoms with Crippen molar-refractivity contribution in [3.05, 3.63) is 41.7 Å². The summed E-state index contributed by atoms with van der Waals surface area (Å²) in [6.45, 7) is 3.71. The Kier molecular flexibility index (Phi) is 5.33. The molecule has 0 amide bonds. The predicted molar refractivity (Wildman–Crippen MR) is 120 cm³/mol. The smallest absolute Gasteiger partial charge is 0.202 e. The van der Waals surface area contributed by atoms with Crippen molar-refractivity contribution in [1.82, 2.24) is 0 Å². The minimum Gasteiger partial charge on any atom is -0.483 e. The Hall–Kier alpha value is -2.05. The number of aliphatic hydroxyl groups is 2. The second-order valence-corrected chi connectivity index (χ2v) is 11.1. The summed E-state index contributed by atoms with van der Waals surface area (Å²) in [5, 5.41) is 23.1. The van der Waals surface area contributed by atoms with Crippen LogP contribution in [0.15, 0.2) is 35.9 Å². The third-order valence-electron chi connectivity index (χ3n) is 9.71. The Labute approximate surface area is 194 Å². The van der Waals surface area contributed by atoms with Crippen molar-refractivity contribution in [2.24, 2.45) is 28.6 Å². The molecule has 0 heterocycles. The number of para-hydroxylation sites is 1. The van der Waals surface area contributed by atoms with Crippen LogP contribution in [0.4, 0.5) is 4.39 Å². The van der Waals surface area contributed by atoms with Crippen molar-refractivity contribution in [2.45, 2.75) is 70.5 Å². The molecule has 0 bridgehead atoms. The van der Waals surface area contributed by atoms with Crippen LogP contribution in [-0.4, -0.2) is 40.1 Å². The van der Waals surface area contributed by atoms with Gasteiger partial charge in [-0.2, -0.15) is 0 Å². The lowest BCUT2D eigenvalue weighted by Gasteiger charge is -2.60. The summed E-state index contributed by atoms with van der Waals surface area (Å²) in [5.41, 5.74) is -1.44. The van der Waals surface area contributed by atoms with E-state index in [-0.39, 0.29) is 34.7 Å². The molecule has 6 unspecified atom stereocenters. The first kappa shape index (κ1) is 22.7. The van der Waals surface area contributed by atoms with E-state index in [9.17, 15) is 24.2 Å². The van der Waals surface area contributed by atoms with Crippen LogP contribution >= 0.6 is 0 Å². The normalized spacial score (nSPS) is 42.1. The monoisotopic (exact) mass is 456 g/mol. The summed E-state index contributed by atoms with van der Waals surface area (Å²) >= 11 is 0. The summed E-state index contributed by atoms with van der Waals surface area (Å²) < 4.78 is 19.4. The number of ketones is 2. The van der Waals surface area contributed by atoms with Crippen LogP contribution in [0.2, 0.25) is 0 Å². The minimum atomic E-state index is -1.62. The van der Waals surface area contributed by atoms with Crippen LogP contribution in [-0.2, 0) is 9.59 Å². The Bertz CT molecular complexity index is 1020. The number of fused-ring (bicyclic) bond motifs is 5. The van der Waals surface area contributed by atoms with E-state index in [1.54, 1.807) is 18.2 Å². The molecule has 178 valence electrons. The van der Waals surface area contributed by atoms with Gasteiger partial charge in [-0.05, 0) is 79.9 Å². The fourth-order valence-corrected chi connectivity index (χ4v) is 7.97. The van der Waals surface area contributed by atoms with Gasteiger partial charge in [0.25, 0.3) is 0 Å². The molecule has 2 N–H and O–H groups in total. The van der Waals surface area contributed by atoms with Gasteiger partial charge in [0.2, 0.25) is 5.78 Å². The van der Waals surface area contributed by atoms with E-state index >= 15 is 0 Å². The van der Waals surface area contributed by atoms with Gasteiger partial charge >= 0.3 is 0 Å². The van der Waals surface area contributed by atoms with Crippen LogP contribution in [0.1, 0.15) is 58.8 Å². The van der Waals surface area contributed by atoms with E-state index in [4.69, 9.17) is 4.74 Å². The number of allylic oxidation sites excluding steroid dienone is 1. The van der Waals surface area contributed by atoms with E-state index in [2.05, 4.69) is 6.92 Å². The highest BCUT2D eigenvalue weighted by atomic mass is 19.1. The Balaban J connectivity index is 1.40. The number of ether oxygens (including phenoxy) is 1. The molecule has 7 atom stereocenters. The average molecular weight is 457 g/mol. The van der Waals surface area contributed by atoms with Gasteiger partial charge in [-0.15, -0.1) is 0 Å². The predicted octanol–water partition coefficient (Wildman–Crippen LogP) is 4.01. The average Bonchev–Trinajstić information content (AvgIpc) is 3.04. The first-order chi connectivity index (χ1) is 15.6. The molecule has 1 aromatic carbocycles. The van der Waals surface area contributed by atoms with Gasteiger partial charge in [-0.25, -0.2) is 4.39 Å². The first-order valence-corrected chi connectivity index (χ1v) is 12.1. The van der Waals surface area contributed by atoms with Crippen molar-refractivity contribution < 1.29 is 28.9 Å². The number of benzene rings is 1. The Morgan fingerprint density at radius 2 is 1.94 bits per heavy atom. The molecule has 0 aromatic heterocycles. The number of carbonyl (C=O) groups is 2. The van der Waals surface area contributed by atoms with Gasteiger partial charge in [-0.3, -0.25) is 9.59 Å². The maximum Gasteiger partial charge on any atom is 0.202 e. The lowest BCUT2D eigenvalue weighted by Crippen LogP contribution is -2.62. The molecule has 4 aliphatic rings. The van der Waals surface area contributed by atoms with Crippen LogP contribution < -0.4 is 4.74 Å². The van der Waals surface area contributed by atoms with Crippen LogP contribution in [0.3, 0.4) is 0 Å². The Morgan fingerprint density at radius 3 is 2.70 bits per heavy atom. The molecule has 6 heteroatoms. The van der Waals surface area contributed by atoms with Crippen LogP contribution in [0.25, 0.3) is 0 Å². The lowest BCUT2D eigenvalue weighted by atomic mass is 9.45. The second kappa shape index (κ2) is 7.74. The van der Waals surface area contributed by atoms with Crippen molar-refractivity contribution >= 4 is 11.6 Å². The molecule has 33 heavy (non-hydrogen) atoms. The molecule has 4 aliphatic carbocycles. The summed E-state index contributed by atoms with van der Waals surface area (Å²) in [6.07, 6.45) is 5.43. The fourth-order valence-electron chi connectivity index (χ4n) is 7.97. The molecule has 0 spiro atoms. The van der Waals surface area contributed by atoms with E-state index in [0.29, 0.717) is 25.7 Å². The number of halogens is 1. The van der Waals surface area contributed by atoms with E-state index in [0.717, 1.165) is 24.8 Å². The number of hydrogen-bond acceptors (Lipinski definition) is 5. The van der Waals surface area contributed by atoms with Gasteiger partial charge in [0, 0.05) is 11.8 Å². The number of Topliss-reactive ketones (excluding diaryl/α,β-unsaturated/α-hetero) is 1. The first-order valence-electron chi connectivity index (χ1n) is 12.1. The summed E-state index contributed by atoms with van der Waals surface area (Å²) in [6, 6.07) is 5.91. The standard InChI is InChI=1S/C27H33FO5/c1-25-11-9-17(29)13-16(25)7-8-18-19-10-12-27(32,26(19,2)14-21(30)24(18)25)23(31)15-33-22-6-4-3-5-20(22)28/h3-6,13,18-19,21,24,30,32H,7-12,14-15H2,1-2H3/t18?,19?,21?,24?,25?,26?,27-/m0/s1. The zero-order chi connectivity index (χ0) is 23.6. The largest absolute Gasteiger partial charge is 0.483 e. The topological polar surface area (TPSA) is 83.8 Å². The molecular formula is C27H33FO5.